The third kappa shape index (κ3) is 2.86. The Kier molecular flexibility index (Phi) is 3.61. The van der Waals surface area contributed by atoms with Crippen molar-refractivity contribution in [1.82, 2.24) is 10.3 Å². The van der Waals surface area contributed by atoms with Gasteiger partial charge < -0.3 is 5.11 Å². The van der Waals surface area contributed by atoms with Gasteiger partial charge in [0.1, 0.15) is 5.69 Å². The molecule has 0 aliphatic carbocycles. The third-order valence-corrected chi connectivity index (χ3v) is 3.60. The maximum Gasteiger partial charge on any atom is 0.354 e. The largest absolute Gasteiger partial charge is 0.477 e. The predicted octanol–water partition coefficient (Wildman–Crippen LogP) is 0.677. The monoisotopic (exact) mass is 266 g/mol. The number of carbonyl (C=O) groups excluding carboxylic acids is 2. The molecular weight excluding hydrogens is 256 g/mol. The van der Waals surface area contributed by atoms with Crippen LogP contribution in [0.3, 0.4) is 0 Å². The first-order chi connectivity index (χ1) is 8.56. The lowest BCUT2D eigenvalue weighted by molar-refractivity contribution is -0.132. The van der Waals surface area contributed by atoms with Gasteiger partial charge >= 0.3 is 5.97 Å². The Balaban J connectivity index is 2.09. The van der Waals surface area contributed by atoms with Gasteiger partial charge in [-0.2, -0.15) is 0 Å². The van der Waals surface area contributed by atoms with Crippen molar-refractivity contribution in [3.05, 3.63) is 23.9 Å². The third-order valence-electron chi connectivity index (χ3n) is 2.39. The van der Waals surface area contributed by atoms with Crippen molar-refractivity contribution < 1.29 is 19.5 Å². The number of hydrogen-bond acceptors (Lipinski definition) is 5. The molecule has 1 aliphatic heterocycles. The number of pyridine rings is 1. The Morgan fingerprint density at radius 3 is 2.89 bits per heavy atom. The SMILES string of the molecule is O=C1CCC(Sc2cccc(C(=O)O)n2)C(=O)N1. The summed E-state index contributed by atoms with van der Waals surface area (Å²) < 4.78 is 0. The number of aromatic carboxylic acids is 1. The number of carboxylic acids is 1. The second kappa shape index (κ2) is 5.18. The molecule has 2 heterocycles. The number of thioether (sulfide) groups is 1. The molecule has 6 nitrogen and oxygen atoms in total. The van der Waals surface area contributed by atoms with E-state index in [1.54, 1.807) is 12.1 Å². The maximum absolute atomic E-state index is 11.5. The molecule has 0 aromatic carbocycles. The molecule has 0 radical (unpaired) electrons. The number of nitrogens with zero attached hydrogens (tertiary/aromatic N) is 1. The van der Waals surface area contributed by atoms with Crippen molar-refractivity contribution in [1.29, 1.82) is 0 Å². The zero-order valence-electron chi connectivity index (χ0n) is 9.25. The zero-order valence-corrected chi connectivity index (χ0v) is 10.1. The summed E-state index contributed by atoms with van der Waals surface area (Å²) in [7, 11) is 0. The highest BCUT2D eigenvalue weighted by molar-refractivity contribution is 8.00. The predicted molar refractivity (Wildman–Crippen MR) is 63.2 cm³/mol. The second-order valence-corrected chi connectivity index (χ2v) is 4.95. The van der Waals surface area contributed by atoms with Crippen LogP contribution in [0.15, 0.2) is 23.2 Å². The van der Waals surface area contributed by atoms with Crippen molar-refractivity contribution in [2.75, 3.05) is 0 Å². The van der Waals surface area contributed by atoms with E-state index in [1.165, 1.54) is 17.8 Å². The van der Waals surface area contributed by atoms with Crippen molar-refractivity contribution in [2.45, 2.75) is 23.1 Å². The summed E-state index contributed by atoms with van der Waals surface area (Å²) in [6.45, 7) is 0. The molecule has 1 aromatic rings. The molecule has 0 bridgehead atoms. The minimum Gasteiger partial charge on any atom is -0.477 e. The van der Waals surface area contributed by atoms with Gasteiger partial charge in [-0.3, -0.25) is 14.9 Å². The van der Waals surface area contributed by atoms with Crippen LogP contribution in [0.2, 0.25) is 0 Å². The maximum atomic E-state index is 11.5. The molecule has 1 fully saturated rings. The van der Waals surface area contributed by atoms with Gasteiger partial charge in [-0.25, -0.2) is 9.78 Å². The highest BCUT2D eigenvalue weighted by Gasteiger charge is 2.27. The van der Waals surface area contributed by atoms with Crippen LogP contribution in [-0.4, -0.2) is 33.1 Å². The molecule has 7 heteroatoms. The molecule has 0 saturated carbocycles. The van der Waals surface area contributed by atoms with Gasteiger partial charge in [0, 0.05) is 6.42 Å². The van der Waals surface area contributed by atoms with E-state index in [0.29, 0.717) is 17.9 Å². The van der Waals surface area contributed by atoms with E-state index >= 15 is 0 Å². The molecule has 1 atom stereocenters. The summed E-state index contributed by atoms with van der Waals surface area (Å²) in [5.41, 5.74) is -0.0627. The molecule has 94 valence electrons. The number of amides is 2. The highest BCUT2D eigenvalue weighted by atomic mass is 32.2. The number of carbonyl (C=O) groups is 3. The Morgan fingerprint density at radius 2 is 2.22 bits per heavy atom. The van der Waals surface area contributed by atoms with Gasteiger partial charge in [0.15, 0.2) is 0 Å². The molecule has 1 aromatic heterocycles. The van der Waals surface area contributed by atoms with Crippen LogP contribution in [0.25, 0.3) is 0 Å². The lowest BCUT2D eigenvalue weighted by Crippen LogP contribution is -2.42. The van der Waals surface area contributed by atoms with E-state index in [0.717, 1.165) is 0 Å². The number of rotatable bonds is 3. The molecule has 2 N–H and O–H groups in total. The number of piperidine rings is 1. The van der Waals surface area contributed by atoms with E-state index in [-0.39, 0.29) is 17.5 Å². The van der Waals surface area contributed by atoms with Gasteiger partial charge in [-0.15, -0.1) is 0 Å². The van der Waals surface area contributed by atoms with E-state index < -0.39 is 11.2 Å². The van der Waals surface area contributed by atoms with Gasteiger partial charge in [0.25, 0.3) is 0 Å². The Bertz CT molecular complexity index is 518. The van der Waals surface area contributed by atoms with Crippen LogP contribution in [-0.2, 0) is 9.59 Å². The van der Waals surface area contributed by atoms with Crippen LogP contribution in [0, 0.1) is 0 Å². The van der Waals surface area contributed by atoms with Crippen molar-refractivity contribution >= 4 is 29.5 Å². The zero-order chi connectivity index (χ0) is 13.1. The number of aromatic nitrogens is 1. The van der Waals surface area contributed by atoms with Crippen LogP contribution >= 0.6 is 11.8 Å². The minimum absolute atomic E-state index is 0.0627. The lowest BCUT2D eigenvalue weighted by atomic mass is 10.1. The average Bonchev–Trinajstić information content (AvgIpc) is 2.33. The molecule has 2 amide bonds. The summed E-state index contributed by atoms with van der Waals surface area (Å²) >= 11 is 1.17. The Morgan fingerprint density at radius 1 is 1.44 bits per heavy atom. The fourth-order valence-electron chi connectivity index (χ4n) is 1.53. The number of nitrogens with one attached hydrogen (secondary N) is 1. The molecule has 2 rings (SSSR count). The summed E-state index contributed by atoms with van der Waals surface area (Å²) in [5.74, 6) is -1.73. The summed E-state index contributed by atoms with van der Waals surface area (Å²) in [5, 5.41) is 11.1. The smallest absolute Gasteiger partial charge is 0.354 e. The van der Waals surface area contributed by atoms with Gasteiger partial charge in [0.05, 0.1) is 10.3 Å². The molecule has 1 aliphatic rings. The standard InChI is InChI=1S/C11H10N2O4S/c14-8-5-4-7(10(15)13-8)18-9-3-1-2-6(12-9)11(16)17/h1-3,7H,4-5H2,(H,16,17)(H,13,14,15). The molecule has 18 heavy (non-hydrogen) atoms. The van der Waals surface area contributed by atoms with E-state index in [2.05, 4.69) is 10.3 Å². The molecule has 1 unspecified atom stereocenters. The topological polar surface area (TPSA) is 96.4 Å². The van der Waals surface area contributed by atoms with Crippen LogP contribution in [0.4, 0.5) is 0 Å². The highest BCUT2D eigenvalue weighted by Crippen LogP contribution is 2.26. The van der Waals surface area contributed by atoms with Crippen molar-refractivity contribution in [3.8, 4) is 0 Å². The van der Waals surface area contributed by atoms with Gasteiger partial charge in [-0.05, 0) is 18.6 Å². The first-order valence-electron chi connectivity index (χ1n) is 5.27. The lowest BCUT2D eigenvalue weighted by Gasteiger charge is -2.19. The molecular formula is C11H10N2O4S. The van der Waals surface area contributed by atoms with Crippen LogP contribution < -0.4 is 5.32 Å². The van der Waals surface area contributed by atoms with Gasteiger partial charge in [-0.1, -0.05) is 17.8 Å². The number of imide groups is 1. The second-order valence-electron chi connectivity index (χ2n) is 3.72. The number of hydrogen-bond donors (Lipinski definition) is 2. The fraction of sp³-hybridized carbons (Fsp3) is 0.273. The van der Waals surface area contributed by atoms with Crippen LogP contribution in [0.5, 0.6) is 0 Å². The summed E-state index contributed by atoms with van der Waals surface area (Å²) in [4.78, 5) is 37.2. The molecule has 1 saturated heterocycles. The quantitative estimate of drug-likeness (QED) is 0.781. The minimum atomic E-state index is -1.11. The first-order valence-corrected chi connectivity index (χ1v) is 6.15. The first kappa shape index (κ1) is 12.6. The van der Waals surface area contributed by atoms with E-state index in [1.807, 2.05) is 0 Å². The molecule has 0 spiro atoms. The number of carboxylic acid groups (broad SMARTS) is 1. The van der Waals surface area contributed by atoms with Crippen molar-refractivity contribution in [3.63, 3.8) is 0 Å². The fourth-order valence-corrected chi connectivity index (χ4v) is 2.53. The Labute approximate surface area is 107 Å². The normalized spacial score (nSPS) is 19.4. The average molecular weight is 266 g/mol. The van der Waals surface area contributed by atoms with Crippen molar-refractivity contribution in [2.24, 2.45) is 0 Å². The van der Waals surface area contributed by atoms with Crippen LogP contribution in [0.1, 0.15) is 23.3 Å². The summed E-state index contributed by atoms with van der Waals surface area (Å²) in [6, 6.07) is 4.60. The van der Waals surface area contributed by atoms with Gasteiger partial charge in [0.2, 0.25) is 11.8 Å². The van der Waals surface area contributed by atoms with E-state index in [9.17, 15) is 14.4 Å². The van der Waals surface area contributed by atoms with E-state index in [4.69, 9.17) is 5.11 Å². The Hall–Kier alpha value is -1.89. The summed E-state index contributed by atoms with van der Waals surface area (Å²) in [6.07, 6.45) is 0.732.